The Morgan fingerprint density at radius 3 is 2.15 bits per heavy atom. The van der Waals surface area contributed by atoms with Crippen LogP contribution in [0.5, 0.6) is 0 Å². The van der Waals surface area contributed by atoms with E-state index in [1.807, 2.05) is 0 Å². The van der Waals surface area contributed by atoms with E-state index in [0.717, 1.165) is 0 Å². The molecule has 0 saturated carbocycles. The highest BCUT2D eigenvalue weighted by molar-refractivity contribution is 7.46. The Balaban J connectivity index is 3.77. The third-order valence-corrected chi connectivity index (χ3v) is 1.45. The molecule has 0 rings (SSSR count). The molecule has 0 fully saturated rings. The highest BCUT2D eigenvalue weighted by Crippen LogP contribution is 2.36. The molecule has 0 amide bonds. The van der Waals surface area contributed by atoms with E-state index in [2.05, 4.69) is 4.52 Å². The highest BCUT2D eigenvalue weighted by atomic mass is 31.2. The number of phosphoric acid groups is 1. The molecule has 0 atom stereocenters. The van der Waals surface area contributed by atoms with E-state index >= 15 is 0 Å². The number of hydrogen-bond donors (Lipinski definition) is 3. The van der Waals surface area contributed by atoms with Gasteiger partial charge < -0.3 is 9.63 Å². The van der Waals surface area contributed by atoms with Gasteiger partial charge in [0, 0.05) is 6.42 Å². The maximum atomic E-state index is 10.5. The average molecular weight is 212 g/mol. The van der Waals surface area contributed by atoms with Crippen molar-refractivity contribution in [2.24, 2.45) is 0 Å². The highest BCUT2D eigenvalue weighted by Gasteiger charge is 2.20. The van der Waals surface area contributed by atoms with E-state index in [0.29, 0.717) is 0 Å². The lowest BCUT2D eigenvalue weighted by atomic mass is 10.2. The molecule has 0 aliphatic carbocycles. The minimum Gasteiger partial charge on any atom is -0.389 e. The Bertz CT molecular complexity index is 241. The van der Waals surface area contributed by atoms with Crippen LogP contribution in [-0.4, -0.2) is 33.3 Å². The molecule has 0 aromatic heterocycles. The van der Waals surface area contributed by atoms with Gasteiger partial charge >= 0.3 is 13.8 Å². The van der Waals surface area contributed by atoms with Crippen molar-refractivity contribution in [1.29, 1.82) is 0 Å². The van der Waals surface area contributed by atoms with Gasteiger partial charge in [0.15, 0.2) is 5.78 Å². The fourth-order valence-electron chi connectivity index (χ4n) is 0.499. The predicted molar refractivity (Wildman–Crippen MR) is 39.5 cm³/mol. The molecule has 3 N–H and O–H groups in total. The largest absolute Gasteiger partial charge is 0.526 e. The molecule has 76 valence electrons. The van der Waals surface area contributed by atoms with Gasteiger partial charge in [-0.1, -0.05) is 0 Å². The Kier molecular flexibility index (Phi) is 4.79. The van der Waals surface area contributed by atoms with Crippen LogP contribution in [0.3, 0.4) is 0 Å². The fourth-order valence-corrected chi connectivity index (χ4v) is 0.855. The number of phosphoric ester groups is 1. The van der Waals surface area contributed by atoms with Crippen molar-refractivity contribution in [2.75, 3.05) is 6.61 Å². The van der Waals surface area contributed by atoms with Crippen LogP contribution in [0.15, 0.2) is 0 Å². The molecule has 0 aromatic carbocycles. The van der Waals surface area contributed by atoms with E-state index in [1.54, 1.807) is 0 Å². The van der Waals surface area contributed by atoms with Crippen molar-refractivity contribution in [3.63, 3.8) is 0 Å². The molecule has 13 heavy (non-hydrogen) atoms. The number of Topliss-reactive ketones (excluding diaryl/α,β-unsaturated/α-hetero) is 1. The SMILES string of the molecule is O=C(CO)CCC(=O)OP(=O)(O)O. The molecular weight excluding hydrogens is 203 g/mol. The zero-order valence-corrected chi connectivity index (χ0v) is 7.44. The number of hydrogen-bond acceptors (Lipinski definition) is 5. The molecule has 8 heteroatoms. The van der Waals surface area contributed by atoms with Gasteiger partial charge in [-0.3, -0.25) is 19.4 Å². The molecule has 0 aliphatic rings. The monoisotopic (exact) mass is 212 g/mol. The number of aliphatic hydroxyl groups excluding tert-OH is 1. The van der Waals surface area contributed by atoms with E-state index < -0.39 is 32.6 Å². The first-order valence-electron chi connectivity index (χ1n) is 3.25. The molecule has 7 nitrogen and oxygen atoms in total. The summed E-state index contributed by atoms with van der Waals surface area (Å²) in [6.45, 7) is -0.705. The first kappa shape index (κ1) is 12.2. The number of rotatable bonds is 5. The number of carbonyl (C=O) groups excluding carboxylic acids is 2. The second-order valence-corrected chi connectivity index (χ2v) is 3.31. The summed E-state index contributed by atoms with van der Waals surface area (Å²) < 4.78 is 13.7. The Morgan fingerprint density at radius 2 is 1.77 bits per heavy atom. The maximum absolute atomic E-state index is 10.5. The summed E-state index contributed by atoms with van der Waals surface area (Å²) in [5.74, 6) is -1.77. The van der Waals surface area contributed by atoms with E-state index in [9.17, 15) is 14.2 Å². The standard InChI is InChI=1S/C5H9O7P/c6-3-4(7)1-2-5(8)12-13(9,10)11/h6H,1-3H2,(H2,9,10,11). The summed E-state index contributed by atoms with van der Waals surface area (Å²) in [6, 6.07) is 0. The van der Waals surface area contributed by atoms with Crippen molar-refractivity contribution in [3.8, 4) is 0 Å². The van der Waals surface area contributed by atoms with Crippen molar-refractivity contribution in [3.05, 3.63) is 0 Å². The van der Waals surface area contributed by atoms with Crippen LogP contribution in [-0.2, 0) is 18.7 Å². The van der Waals surface area contributed by atoms with Crippen LogP contribution in [0.1, 0.15) is 12.8 Å². The van der Waals surface area contributed by atoms with Gasteiger partial charge in [-0.15, -0.1) is 0 Å². The van der Waals surface area contributed by atoms with Gasteiger partial charge in [-0.05, 0) is 0 Å². The molecule has 0 aromatic rings. The topological polar surface area (TPSA) is 121 Å². The second-order valence-electron chi connectivity index (χ2n) is 2.15. The van der Waals surface area contributed by atoms with E-state index in [4.69, 9.17) is 14.9 Å². The third-order valence-electron chi connectivity index (χ3n) is 1.01. The van der Waals surface area contributed by atoms with Crippen LogP contribution in [0.2, 0.25) is 0 Å². The lowest BCUT2D eigenvalue weighted by Gasteiger charge is -2.03. The number of aliphatic hydroxyl groups is 1. The molecule has 0 radical (unpaired) electrons. The normalized spacial score (nSPS) is 11.0. The van der Waals surface area contributed by atoms with Gasteiger partial charge in [-0.25, -0.2) is 4.57 Å². The van der Waals surface area contributed by atoms with Gasteiger partial charge in [-0.2, -0.15) is 0 Å². The smallest absolute Gasteiger partial charge is 0.389 e. The zero-order chi connectivity index (χ0) is 10.5. The summed E-state index contributed by atoms with van der Waals surface area (Å²) in [4.78, 5) is 37.2. The molecule has 0 unspecified atom stereocenters. The van der Waals surface area contributed by atoms with Crippen LogP contribution >= 0.6 is 7.82 Å². The molecule has 0 heterocycles. The number of ketones is 1. The summed E-state index contributed by atoms with van der Waals surface area (Å²) in [5, 5.41) is 8.23. The van der Waals surface area contributed by atoms with E-state index in [-0.39, 0.29) is 6.42 Å². The molecule has 0 spiro atoms. The van der Waals surface area contributed by atoms with Crippen molar-refractivity contribution >= 4 is 19.6 Å². The average Bonchev–Trinajstić information content (AvgIpc) is 1.97. The van der Waals surface area contributed by atoms with Crippen molar-refractivity contribution in [1.82, 2.24) is 0 Å². The van der Waals surface area contributed by atoms with Crippen LogP contribution in [0, 0.1) is 0 Å². The molecule has 0 bridgehead atoms. The van der Waals surface area contributed by atoms with Gasteiger partial charge in [0.25, 0.3) is 0 Å². The zero-order valence-electron chi connectivity index (χ0n) is 6.54. The summed E-state index contributed by atoms with van der Waals surface area (Å²) in [7, 11) is -4.81. The van der Waals surface area contributed by atoms with Crippen molar-refractivity contribution < 1.29 is 33.6 Å². The fraction of sp³-hybridized carbons (Fsp3) is 0.600. The first-order valence-corrected chi connectivity index (χ1v) is 4.78. The third kappa shape index (κ3) is 7.61. The van der Waals surface area contributed by atoms with Gasteiger partial charge in [0.1, 0.15) is 6.61 Å². The summed E-state index contributed by atoms with van der Waals surface area (Å²) >= 11 is 0. The summed E-state index contributed by atoms with van der Waals surface area (Å²) in [6.07, 6.45) is -0.750. The molecular formula is C5H9O7P. The quantitative estimate of drug-likeness (QED) is 0.497. The first-order chi connectivity index (χ1) is 5.85. The minimum absolute atomic E-state index is 0.296. The Labute approximate surface area is 73.6 Å². The number of carbonyl (C=O) groups is 2. The lowest BCUT2D eigenvalue weighted by Crippen LogP contribution is -2.09. The van der Waals surface area contributed by atoms with Gasteiger partial charge in [0.2, 0.25) is 0 Å². The van der Waals surface area contributed by atoms with Gasteiger partial charge in [0.05, 0.1) is 6.42 Å². The maximum Gasteiger partial charge on any atom is 0.526 e. The Hall–Kier alpha value is -0.750. The van der Waals surface area contributed by atoms with Crippen LogP contribution in [0.25, 0.3) is 0 Å². The van der Waals surface area contributed by atoms with Crippen LogP contribution in [0.4, 0.5) is 0 Å². The molecule has 0 saturated heterocycles. The van der Waals surface area contributed by atoms with Crippen LogP contribution < -0.4 is 0 Å². The lowest BCUT2D eigenvalue weighted by molar-refractivity contribution is -0.137. The Morgan fingerprint density at radius 1 is 1.23 bits per heavy atom. The van der Waals surface area contributed by atoms with Crippen molar-refractivity contribution in [2.45, 2.75) is 12.8 Å². The second kappa shape index (κ2) is 5.08. The molecule has 0 aliphatic heterocycles. The van der Waals surface area contributed by atoms with E-state index in [1.165, 1.54) is 0 Å². The minimum atomic E-state index is -4.81. The predicted octanol–water partition coefficient (Wildman–Crippen LogP) is -1.04. The summed E-state index contributed by atoms with van der Waals surface area (Å²) in [5.41, 5.74) is 0.